The van der Waals surface area contributed by atoms with Crippen LogP contribution in [0.3, 0.4) is 0 Å². The highest BCUT2D eigenvalue weighted by molar-refractivity contribution is 5.40. The van der Waals surface area contributed by atoms with E-state index in [1.165, 1.54) is 11.1 Å². The highest BCUT2D eigenvalue weighted by Gasteiger charge is 2.22. The summed E-state index contributed by atoms with van der Waals surface area (Å²) in [4.78, 5) is 0. The van der Waals surface area contributed by atoms with E-state index >= 15 is 0 Å². The van der Waals surface area contributed by atoms with E-state index in [2.05, 4.69) is 17.4 Å². The minimum Gasteiger partial charge on any atom is -0.497 e. The monoisotopic (exact) mass is 265 g/mol. The van der Waals surface area contributed by atoms with Crippen molar-refractivity contribution in [2.45, 2.75) is 25.3 Å². The summed E-state index contributed by atoms with van der Waals surface area (Å²) in [6.07, 6.45) is 3.26. The molecular weight excluding hydrogens is 242 g/mol. The van der Waals surface area contributed by atoms with E-state index in [9.17, 15) is 0 Å². The zero-order valence-corrected chi connectivity index (χ0v) is 11.5. The molecule has 1 aliphatic carbocycles. The van der Waals surface area contributed by atoms with Gasteiger partial charge in [0.2, 0.25) is 0 Å². The first-order valence-electron chi connectivity index (χ1n) is 6.94. The summed E-state index contributed by atoms with van der Waals surface area (Å²) in [5.74, 6) is 0.929. The van der Waals surface area contributed by atoms with Crippen molar-refractivity contribution in [1.82, 2.24) is 5.32 Å². The summed E-state index contributed by atoms with van der Waals surface area (Å²) in [7, 11) is 1.71. The molecule has 0 aromatic heterocycles. The number of fused-ring (bicyclic) bond motifs is 1. The topological polar surface area (TPSA) is 50.7 Å². The molecule has 1 aliphatic rings. The van der Waals surface area contributed by atoms with E-state index in [-0.39, 0.29) is 6.61 Å². The molecule has 1 aromatic rings. The number of aryl methyl sites for hydroxylation is 1. The first kappa shape index (κ1) is 14.3. The van der Waals surface area contributed by atoms with Crippen LogP contribution in [-0.2, 0) is 11.2 Å². The molecule has 0 aliphatic heterocycles. The molecule has 0 radical (unpaired) electrons. The summed E-state index contributed by atoms with van der Waals surface area (Å²) in [6, 6.07) is 6.77. The van der Waals surface area contributed by atoms with Gasteiger partial charge in [0, 0.05) is 12.6 Å². The zero-order valence-electron chi connectivity index (χ0n) is 11.5. The highest BCUT2D eigenvalue weighted by atomic mass is 16.5. The fraction of sp³-hybridized carbons (Fsp3) is 0.600. The van der Waals surface area contributed by atoms with Gasteiger partial charge < -0.3 is 19.9 Å². The van der Waals surface area contributed by atoms with Crippen LogP contribution in [-0.4, -0.2) is 38.6 Å². The Balaban J connectivity index is 1.78. The molecule has 2 rings (SSSR count). The van der Waals surface area contributed by atoms with E-state index in [1.54, 1.807) is 7.11 Å². The number of hydrogen-bond acceptors (Lipinski definition) is 4. The van der Waals surface area contributed by atoms with Crippen molar-refractivity contribution in [1.29, 1.82) is 0 Å². The number of benzene rings is 1. The summed E-state index contributed by atoms with van der Waals surface area (Å²) < 4.78 is 10.5. The van der Waals surface area contributed by atoms with Gasteiger partial charge in [-0.1, -0.05) is 6.07 Å². The molecular formula is C15H23NO3. The molecule has 4 nitrogen and oxygen atoms in total. The first-order valence-corrected chi connectivity index (χ1v) is 6.94. The number of hydrogen-bond donors (Lipinski definition) is 2. The van der Waals surface area contributed by atoms with Crippen LogP contribution in [0.2, 0.25) is 0 Å². The lowest BCUT2D eigenvalue weighted by atomic mass is 10.1. The summed E-state index contributed by atoms with van der Waals surface area (Å²) in [5.41, 5.74) is 2.80. The van der Waals surface area contributed by atoms with E-state index in [1.807, 2.05) is 6.07 Å². The molecule has 1 unspecified atom stereocenters. The van der Waals surface area contributed by atoms with Gasteiger partial charge in [0.1, 0.15) is 5.75 Å². The minimum absolute atomic E-state index is 0.100. The second kappa shape index (κ2) is 7.48. The van der Waals surface area contributed by atoms with Gasteiger partial charge >= 0.3 is 0 Å². The Labute approximate surface area is 114 Å². The molecule has 4 heteroatoms. The fourth-order valence-corrected chi connectivity index (χ4v) is 2.54. The standard InChI is InChI=1S/C15H23NO3/c1-18-13-5-3-12-4-6-15(14(12)11-13)16-7-2-9-19-10-8-17/h3,5,11,15-17H,2,4,6-10H2,1H3. The van der Waals surface area contributed by atoms with Crippen molar-refractivity contribution in [3.8, 4) is 5.75 Å². The Morgan fingerprint density at radius 3 is 3.05 bits per heavy atom. The van der Waals surface area contributed by atoms with Crippen molar-refractivity contribution in [3.05, 3.63) is 29.3 Å². The molecule has 1 atom stereocenters. The number of methoxy groups -OCH3 is 1. The smallest absolute Gasteiger partial charge is 0.119 e. The summed E-state index contributed by atoms with van der Waals surface area (Å²) in [6.45, 7) is 2.17. The number of ether oxygens (including phenoxy) is 2. The molecule has 19 heavy (non-hydrogen) atoms. The Kier molecular flexibility index (Phi) is 5.63. The van der Waals surface area contributed by atoms with Crippen LogP contribution in [0.15, 0.2) is 18.2 Å². The normalized spacial score (nSPS) is 17.5. The van der Waals surface area contributed by atoms with Gasteiger partial charge in [-0.25, -0.2) is 0 Å². The van der Waals surface area contributed by atoms with Crippen LogP contribution < -0.4 is 10.1 Å². The molecule has 0 spiro atoms. The van der Waals surface area contributed by atoms with Crippen LogP contribution in [0.1, 0.15) is 30.0 Å². The molecule has 0 saturated heterocycles. The largest absolute Gasteiger partial charge is 0.497 e. The maximum Gasteiger partial charge on any atom is 0.119 e. The van der Waals surface area contributed by atoms with Gasteiger partial charge in [-0.05, 0) is 49.1 Å². The molecule has 0 fully saturated rings. The van der Waals surface area contributed by atoms with Gasteiger partial charge in [-0.2, -0.15) is 0 Å². The Bertz CT molecular complexity index is 395. The number of nitrogens with one attached hydrogen (secondary N) is 1. The van der Waals surface area contributed by atoms with Crippen LogP contribution in [0.25, 0.3) is 0 Å². The first-order chi connectivity index (χ1) is 9.35. The maximum atomic E-state index is 8.60. The van der Waals surface area contributed by atoms with Crippen LogP contribution >= 0.6 is 0 Å². The molecule has 0 amide bonds. The third kappa shape index (κ3) is 3.93. The number of rotatable bonds is 8. The SMILES string of the molecule is COc1ccc2c(c1)C(NCCCOCCO)CC2. The lowest BCUT2D eigenvalue weighted by Gasteiger charge is -2.14. The molecule has 106 valence electrons. The van der Waals surface area contributed by atoms with Crippen LogP contribution in [0, 0.1) is 0 Å². The highest BCUT2D eigenvalue weighted by Crippen LogP contribution is 2.33. The van der Waals surface area contributed by atoms with Crippen molar-refractivity contribution in [3.63, 3.8) is 0 Å². The quantitative estimate of drug-likeness (QED) is 0.702. The van der Waals surface area contributed by atoms with E-state index in [0.717, 1.165) is 31.6 Å². The molecule has 2 N–H and O–H groups in total. The third-order valence-corrected chi connectivity index (χ3v) is 3.52. The van der Waals surface area contributed by atoms with Gasteiger partial charge in [0.15, 0.2) is 0 Å². The van der Waals surface area contributed by atoms with Crippen molar-refractivity contribution >= 4 is 0 Å². The second-order valence-electron chi connectivity index (χ2n) is 4.80. The fourth-order valence-electron chi connectivity index (χ4n) is 2.54. The lowest BCUT2D eigenvalue weighted by molar-refractivity contribution is 0.0904. The van der Waals surface area contributed by atoms with E-state index in [0.29, 0.717) is 19.3 Å². The number of aliphatic hydroxyl groups is 1. The maximum absolute atomic E-state index is 8.60. The Hall–Kier alpha value is -1.10. The molecule has 0 bridgehead atoms. The third-order valence-electron chi connectivity index (χ3n) is 3.52. The van der Waals surface area contributed by atoms with Gasteiger partial charge in [0.25, 0.3) is 0 Å². The Morgan fingerprint density at radius 2 is 2.26 bits per heavy atom. The predicted octanol–water partition coefficient (Wildman–Crippen LogP) is 1.67. The van der Waals surface area contributed by atoms with Crippen LogP contribution in [0.5, 0.6) is 5.75 Å². The average molecular weight is 265 g/mol. The van der Waals surface area contributed by atoms with Crippen molar-refractivity contribution < 1.29 is 14.6 Å². The molecule has 0 saturated carbocycles. The molecule has 1 aromatic carbocycles. The lowest BCUT2D eigenvalue weighted by Crippen LogP contribution is -2.21. The minimum atomic E-state index is 0.100. The average Bonchev–Trinajstić information content (AvgIpc) is 2.85. The van der Waals surface area contributed by atoms with Gasteiger partial charge in [-0.15, -0.1) is 0 Å². The van der Waals surface area contributed by atoms with Crippen molar-refractivity contribution in [2.75, 3.05) is 33.5 Å². The van der Waals surface area contributed by atoms with Gasteiger partial charge in [0.05, 0.1) is 20.3 Å². The summed E-state index contributed by atoms with van der Waals surface area (Å²) >= 11 is 0. The Morgan fingerprint density at radius 1 is 1.37 bits per heavy atom. The van der Waals surface area contributed by atoms with E-state index < -0.39 is 0 Å². The van der Waals surface area contributed by atoms with Crippen LogP contribution in [0.4, 0.5) is 0 Å². The second-order valence-corrected chi connectivity index (χ2v) is 4.80. The zero-order chi connectivity index (χ0) is 13.5. The predicted molar refractivity (Wildman–Crippen MR) is 74.6 cm³/mol. The molecule has 0 heterocycles. The van der Waals surface area contributed by atoms with Gasteiger partial charge in [-0.3, -0.25) is 0 Å². The van der Waals surface area contributed by atoms with Crippen molar-refractivity contribution in [2.24, 2.45) is 0 Å². The summed E-state index contributed by atoms with van der Waals surface area (Å²) in [5, 5.41) is 12.2. The van der Waals surface area contributed by atoms with E-state index in [4.69, 9.17) is 14.6 Å². The number of aliphatic hydroxyl groups excluding tert-OH is 1.